The number of carbonyl (C=O) groups is 1. The summed E-state index contributed by atoms with van der Waals surface area (Å²) in [6, 6.07) is 6.51. The molecule has 24 heavy (non-hydrogen) atoms. The molecule has 0 saturated heterocycles. The molecule has 0 unspecified atom stereocenters. The predicted octanol–water partition coefficient (Wildman–Crippen LogP) is 4.34. The first kappa shape index (κ1) is 18.8. The highest BCUT2D eigenvalue weighted by molar-refractivity contribution is 6.36. The fourth-order valence-corrected chi connectivity index (χ4v) is 3.12. The number of benzene rings is 1. The maximum absolute atomic E-state index is 12.5. The quantitative estimate of drug-likeness (QED) is 0.766. The molecule has 0 N–H and O–H groups in total. The van der Waals surface area contributed by atoms with E-state index >= 15 is 0 Å². The number of carbonyl (C=O) groups excluding carboxylic acids is 1. The lowest BCUT2D eigenvalue weighted by atomic mass is 10.2. The molecule has 7 heteroatoms. The highest BCUT2D eigenvalue weighted by Gasteiger charge is 2.17. The summed E-state index contributed by atoms with van der Waals surface area (Å²) in [6.45, 7) is 5.06. The number of hydrogen-bond donors (Lipinski definition) is 0. The van der Waals surface area contributed by atoms with Crippen LogP contribution in [-0.4, -0.2) is 28.5 Å². The summed E-state index contributed by atoms with van der Waals surface area (Å²) >= 11 is 18.4. The van der Waals surface area contributed by atoms with E-state index in [1.165, 1.54) is 16.8 Å². The van der Waals surface area contributed by atoms with E-state index in [1.807, 2.05) is 13.8 Å². The fourth-order valence-electron chi connectivity index (χ4n) is 2.38. The van der Waals surface area contributed by atoms with Crippen molar-refractivity contribution in [3.8, 4) is 0 Å². The Morgan fingerprint density at radius 1 is 1.08 bits per heavy atom. The van der Waals surface area contributed by atoms with Crippen molar-refractivity contribution in [2.75, 3.05) is 13.1 Å². The molecule has 0 spiro atoms. The van der Waals surface area contributed by atoms with Gasteiger partial charge in [-0.05, 0) is 32.0 Å². The normalized spacial score (nSPS) is 10.7. The van der Waals surface area contributed by atoms with Crippen LogP contribution in [0.25, 0.3) is 0 Å². The molecule has 128 valence electrons. The van der Waals surface area contributed by atoms with Crippen molar-refractivity contribution < 1.29 is 4.79 Å². The summed E-state index contributed by atoms with van der Waals surface area (Å²) in [5, 5.41) is 0.883. The Kier molecular flexibility index (Phi) is 6.33. The molecule has 1 amide bonds. The third-order valence-corrected chi connectivity index (χ3v) is 4.71. The van der Waals surface area contributed by atoms with E-state index in [0.29, 0.717) is 34.3 Å². The van der Waals surface area contributed by atoms with E-state index in [0.717, 1.165) is 0 Å². The molecule has 0 aliphatic rings. The molecule has 0 radical (unpaired) electrons. The van der Waals surface area contributed by atoms with Gasteiger partial charge in [0.1, 0.15) is 5.02 Å². The minimum absolute atomic E-state index is 0.0174. The molecule has 0 aliphatic heterocycles. The molecule has 2 aromatic rings. The van der Waals surface area contributed by atoms with Crippen LogP contribution in [0.5, 0.6) is 0 Å². The van der Waals surface area contributed by atoms with Gasteiger partial charge in [0.05, 0.1) is 12.1 Å². The topological polar surface area (TPSA) is 42.3 Å². The maximum Gasteiger partial charge on any atom is 0.269 e. The Balaban J connectivity index is 2.48. The zero-order chi connectivity index (χ0) is 17.9. The van der Waals surface area contributed by atoms with Crippen LogP contribution in [0.3, 0.4) is 0 Å². The number of amides is 1. The Labute approximate surface area is 155 Å². The average molecular weight is 388 g/mol. The monoisotopic (exact) mass is 386 g/mol. The molecule has 4 nitrogen and oxygen atoms in total. The van der Waals surface area contributed by atoms with E-state index in [1.54, 1.807) is 23.1 Å². The van der Waals surface area contributed by atoms with Crippen molar-refractivity contribution >= 4 is 40.7 Å². The number of halogens is 3. The molecule has 1 heterocycles. The van der Waals surface area contributed by atoms with E-state index in [2.05, 4.69) is 0 Å². The summed E-state index contributed by atoms with van der Waals surface area (Å²) in [5.74, 6) is -0.180. The first-order valence-electron chi connectivity index (χ1n) is 7.51. The number of rotatable bonds is 5. The average Bonchev–Trinajstić information content (AvgIpc) is 2.55. The van der Waals surface area contributed by atoms with Gasteiger partial charge in [0.25, 0.3) is 11.5 Å². The van der Waals surface area contributed by atoms with Crippen LogP contribution in [0, 0.1) is 0 Å². The number of aromatic nitrogens is 1. The van der Waals surface area contributed by atoms with Crippen LogP contribution in [0.4, 0.5) is 0 Å². The third kappa shape index (κ3) is 3.94. The van der Waals surface area contributed by atoms with Gasteiger partial charge in [-0.2, -0.15) is 0 Å². The summed E-state index contributed by atoms with van der Waals surface area (Å²) in [7, 11) is 0. The largest absolute Gasteiger partial charge is 0.339 e. The Hall–Kier alpha value is -1.49. The molecule has 1 aromatic carbocycles. The van der Waals surface area contributed by atoms with E-state index < -0.39 is 5.56 Å². The summed E-state index contributed by atoms with van der Waals surface area (Å²) in [6.07, 6.45) is 1.49. The van der Waals surface area contributed by atoms with Gasteiger partial charge >= 0.3 is 0 Å². The minimum atomic E-state index is -0.399. The van der Waals surface area contributed by atoms with Crippen LogP contribution in [-0.2, 0) is 6.54 Å². The molecule has 0 bridgehead atoms. The predicted molar refractivity (Wildman–Crippen MR) is 98.5 cm³/mol. The lowest BCUT2D eigenvalue weighted by molar-refractivity contribution is 0.0772. The zero-order valence-corrected chi connectivity index (χ0v) is 15.6. The van der Waals surface area contributed by atoms with Crippen LogP contribution >= 0.6 is 34.8 Å². The first-order valence-corrected chi connectivity index (χ1v) is 8.64. The molecular formula is C17H17Cl3N2O2. The van der Waals surface area contributed by atoms with Crippen molar-refractivity contribution in [1.82, 2.24) is 9.47 Å². The second-order valence-corrected chi connectivity index (χ2v) is 6.41. The Bertz CT molecular complexity index is 794. The lowest BCUT2D eigenvalue weighted by Crippen LogP contribution is -2.32. The van der Waals surface area contributed by atoms with Gasteiger partial charge in [0.2, 0.25) is 0 Å². The molecule has 2 rings (SSSR count). The van der Waals surface area contributed by atoms with Gasteiger partial charge in [-0.3, -0.25) is 9.59 Å². The van der Waals surface area contributed by atoms with Crippen LogP contribution < -0.4 is 5.56 Å². The summed E-state index contributed by atoms with van der Waals surface area (Å²) in [4.78, 5) is 26.5. The van der Waals surface area contributed by atoms with Gasteiger partial charge in [-0.15, -0.1) is 0 Å². The molecular weight excluding hydrogens is 371 g/mol. The molecule has 0 saturated carbocycles. The van der Waals surface area contributed by atoms with E-state index in [4.69, 9.17) is 34.8 Å². The summed E-state index contributed by atoms with van der Waals surface area (Å²) in [5.41, 5.74) is 0.557. The Morgan fingerprint density at radius 2 is 1.67 bits per heavy atom. The highest BCUT2D eigenvalue weighted by Crippen LogP contribution is 2.25. The molecule has 1 aromatic heterocycles. The minimum Gasteiger partial charge on any atom is -0.339 e. The standard InChI is InChI=1S/C17H17Cl3N2O2/c1-3-21(4-2)16(23)11-8-15(20)17(24)22(9-11)10-12-13(18)6-5-7-14(12)19/h5-9H,3-4,10H2,1-2H3. The molecule has 0 aliphatic carbocycles. The van der Waals surface area contributed by atoms with Crippen molar-refractivity contribution in [3.63, 3.8) is 0 Å². The maximum atomic E-state index is 12.5. The van der Waals surface area contributed by atoms with Gasteiger partial charge in [0.15, 0.2) is 0 Å². The van der Waals surface area contributed by atoms with Crippen LogP contribution in [0.2, 0.25) is 15.1 Å². The van der Waals surface area contributed by atoms with E-state index in [-0.39, 0.29) is 17.5 Å². The van der Waals surface area contributed by atoms with Crippen molar-refractivity contribution in [3.05, 3.63) is 67.0 Å². The van der Waals surface area contributed by atoms with Crippen molar-refractivity contribution in [2.24, 2.45) is 0 Å². The van der Waals surface area contributed by atoms with Crippen LogP contribution in [0.15, 0.2) is 35.3 Å². The van der Waals surface area contributed by atoms with Gasteiger partial charge < -0.3 is 9.47 Å². The third-order valence-electron chi connectivity index (χ3n) is 3.73. The Morgan fingerprint density at radius 3 is 2.21 bits per heavy atom. The fraction of sp³-hybridized carbons (Fsp3) is 0.294. The summed E-state index contributed by atoms with van der Waals surface area (Å²) < 4.78 is 1.35. The van der Waals surface area contributed by atoms with Gasteiger partial charge in [0, 0.05) is 34.9 Å². The lowest BCUT2D eigenvalue weighted by Gasteiger charge is -2.19. The number of hydrogen-bond acceptors (Lipinski definition) is 2. The van der Waals surface area contributed by atoms with Crippen molar-refractivity contribution in [2.45, 2.75) is 20.4 Å². The highest BCUT2D eigenvalue weighted by atomic mass is 35.5. The smallest absolute Gasteiger partial charge is 0.269 e. The first-order chi connectivity index (χ1) is 11.4. The SMILES string of the molecule is CCN(CC)C(=O)c1cc(Cl)c(=O)n(Cc2c(Cl)cccc2Cl)c1. The molecule has 0 atom stereocenters. The second kappa shape index (κ2) is 8.06. The number of nitrogens with zero attached hydrogens (tertiary/aromatic N) is 2. The van der Waals surface area contributed by atoms with E-state index in [9.17, 15) is 9.59 Å². The van der Waals surface area contributed by atoms with Crippen LogP contribution in [0.1, 0.15) is 29.8 Å². The molecule has 0 fully saturated rings. The second-order valence-electron chi connectivity index (χ2n) is 5.19. The number of pyridine rings is 1. The van der Waals surface area contributed by atoms with Crippen molar-refractivity contribution in [1.29, 1.82) is 0 Å². The van der Waals surface area contributed by atoms with Gasteiger partial charge in [-0.1, -0.05) is 40.9 Å². The zero-order valence-electron chi connectivity index (χ0n) is 13.4. The van der Waals surface area contributed by atoms with Gasteiger partial charge in [-0.25, -0.2) is 0 Å².